The molecule has 104 valence electrons. The Morgan fingerprint density at radius 3 is 2.58 bits per heavy atom. The Morgan fingerprint density at radius 1 is 1.47 bits per heavy atom. The first-order valence-corrected chi connectivity index (χ1v) is 5.73. The lowest BCUT2D eigenvalue weighted by atomic mass is 10.1. The summed E-state index contributed by atoms with van der Waals surface area (Å²) in [5.74, 6) is 0.00934. The Morgan fingerprint density at radius 2 is 2.16 bits per heavy atom. The smallest absolute Gasteiger partial charge is 0.417 e. The number of esters is 1. The fraction of sp³-hybridized carbons (Fsp3) is 0.500. The molecule has 1 heterocycles. The fourth-order valence-electron chi connectivity index (χ4n) is 1.75. The molecule has 0 unspecified atom stereocenters. The van der Waals surface area contributed by atoms with E-state index in [0.29, 0.717) is 25.2 Å². The van der Waals surface area contributed by atoms with Gasteiger partial charge >= 0.3 is 12.1 Å². The van der Waals surface area contributed by atoms with Gasteiger partial charge in [0.2, 0.25) is 0 Å². The van der Waals surface area contributed by atoms with Gasteiger partial charge in [-0.05, 0) is 25.0 Å². The van der Waals surface area contributed by atoms with Crippen molar-refractivity contribution in [3.63, 3.8) is 0 Å². The highest BCUT2D eigenvalue weighted by molar-refractivity contribution is 5.80. The number of rotatable bonds is 4. The van der Waals surface area contributed by atoms with Crippen LogP contribution in [0.25, 0.3) is 0 Å². The Balaban J connectivity index is 1.96. The summed E-state index contributed by atoms with van der Waals surface area (Å²) in [5, 5.41) is 2.86. The Bertz CT molecular complexity index is 467. The molecule has 0 saturated heterocycles. The van der Waals surface area contributed by atoms with E-state index in [1.54, 1.807) is 0 Å². The number of hydrogen-bond donors (Lipinski definition) is 1. The molecular formula is C12H13F3N2O2. The van der Waals surface area contributed by atoms with Crippen LogP contribution in [-0.2, 0) is 15.7 Å². The van der Waals surface area contributed by atoms with E-state index < -0.39 is 17.2 Å². The van der Waals surface area contributed by atoms with Crippen LogP contribution in [0.4, 0.5) is 19.0 Å². The van der Waals surface area contributed by atoms with Gasteiger partial charge in [0.25, 0.3) is 0 Å². The first-order valence-electron chi connectivity index (χ1n) is 5.73. The third-order valence-corrected chi connectivity index (χ3v) is 3.17. The molecule has 1 saturated carbocycles. The second kappa shape index (κ2) is 4.71. The molecule has 0 atom stereocenters. The Labute approximate surface area is 108 Å². The van der Waals surface area contributed by atoms with Crippen molar-refractivity contribution in [3.05, 3.63) is 23.9 Å². The number of ether oxygens (including phenoxy) is 1. The second-order valence-electron chi connectivity index (χ2n) is 4.56. The van der Waals surface area contributed by atoms with Crippen LogP contribution in [-0.4, -0.2) is 24.6 Å². The van der Waals surface area contributed by atoms with Crippen LogP contribution < -0.4 is 5.32 Å². The van der Waals surface area contributed by atoms with E-state index in [9.17, 15) is 18.0 Å². The van der Waals surface area contributed by atoms with Crippen LogP contribution in [0, 0.1) is 5.41 Å². The summed E-state index contributed by atoms with van der Waals surface area (Å²) in [7, 11) is 1.32. The first-order chi connectivity index (χ1) is 8.87. The maximum absolute atomic E-state index is 12.3. The van der Waals surface area contributed by atoms with Crippen LogP contribution >= 0.6 is 0 Å². The number of methoxy groups -OCH3 is 1. The van der Waals surface area contributed by atoms with Gasteiger partial charge in [-0.25, -0.2) is 4.98 Å². The molecule has 1 N–H and O–H groups in total. The van der Waals surface area contributed by atoms with Crippen molar-refractivity contribution in [2.24, 2.45) is 5.41 Å². The standard InChI is InChI=1S/C12H13F3N2O2/c1-19-10(18)11(4-5-11)7-17-9-3-2-8(6-16-9)12(13,14)15/h2-3,6H,4-5,7H2,1H3,(H,16,17). The molecule has 0 radical (unpaired) electrons. The third kappa shape index (κ3) is 2.97. The lowest BCUT2D eigenvalue weighted by molar-refractivity contribution is -0.146. The number of hydrogen-bond acceptors (Lipinski definition) is 4. The molecule has 1 aromatic heterocycles. The van der Waals surface area contributed by atoms with Gasteiger partial charge in [-0.3, -0.25) is 4.79 Å². The average Bonchev–Trinajstić information content (AvgIpc) is 3.16. The van der Waals surface area contributed by atoms with Crippen molar-refractivity contribution in [2.45, 2.75) is 19.0 Å². The van der Waals surface area contributed by atoms with E-state index in [0.717, 1.165) is 12.3 Å². The quantitative estimate of drug-likeness (QED) is 0.857. The van der Waals surface area contributed by atoms with E-state index in [1.165, 1.54) is 13.2 Å². The van der Waals surface area contributed by atoms with Crippen LogP contribution in [0.2, 0.25) is 0 Å². The number of carbonyl (C=O) groups excluding carboxylic acids is 1. The summed E-state index contributed by atoms with van der Waals surface area (Å²) >= 11 is 0. The minimum absolute atomic E-state index is 0.299. The predicted octanol–water partition coefficient (Wildman–Crippen LogP) is 2.47. The molecule has 0 spiro atoms. The molecule has 4 nitrogen and oxygen atoms in total. The van der Waals surface area contributed by atoms with E-state index in [4.69, 9.17) is 0 Å². The van der Waals surface area contributed by atoms with Gasteiger partial charge in [0.1, 0.15) is 5.82 Å². The zero-order valence-electron chi connectivity index (χ0n) is 10.3. The van der Waals surface area contributed by atoms with Crippen LogP contribution in [0.5, 0.6) is 0 Å². The molecular weight excluding hydrogens is 261 g/mol. The van der Waals surface area contributed by atoms with Gasteiger partial charge in [0, 0.05) is 12.7 Å². The minimum Gasteiger partial charge on any atom is -0.469 e. The van der Waals surface area contributed by atoms with Gasteiger partial charge in [-0.15, -0.1) is 0 Å². The van der Waals surface area contributed by atoms with Crippen molar-refractivity contribution in [2.75, 3.05) is 19.0 Å². The fourth-order valence-corrected chi connectivity index (χ4v) is 1.75. The molecule has 1 fully saturated rings. The summed E-state index contributed by atoms with van der Waals surface area (Å²) in [5.41, 5.74) is -1.34. The normalized spacial score (nSPS) is 16.8. The number of anilines is 1. The second-order valence-corrected chi connectivity index (χ2v) is 4.56. The number of alkyl halides is 3. The number of aromatic nitrogens is 1. The molecule has 0 aromatic carbocycles. The molecule has 0 bridgehead atoms. The van der Waals surface area contributed by atoms with Crippen LogP contribution in [0.3, 0.4) is 0 Å². The zero-order valence-corrected chi connectivity index (χ0v) is 10.3. The predicted molar refractivity (Wildman–Crippen MR) is 61.4 cm³/mol. The molecule has 2 rings (SSSR count). The number of nitrogens with one attached hydrogen (secondary N) is 1. The number of halogens is 3. The topological polar surface area (TPSA) is 51.2 Å². The van der Waals surface area contributed by atoms with E-state index >= 15 is 0 Å². The SMILES string of the molecule is COC(=O)C1(CNc2ccc(C(F)(F)F)cn2)CC1. The highest BCUT2D eigenvalue weighted by Gasteiger charge is 2.50. The molecule has 1 aliphatic carbocycles. The van der Waals surface area contributed by atoms with Gasteiger partial charge in [0.05, 0.1) is 18.1 Å². The van der Waals surface area contributed by atoms with Crippen LogP contribution in [0.1, 0.15) is 18.4 Å². The highest BCUT2D eigenvalue weighted by Crippen LogP contribution is 2.46. The lowest BCUT2D eigenvalue weighted by Gasteiger charge is -2.14. The third-order valence-electron chi connectivity index (χ3n) is 3.17. The van der Waals surface area contributed by atoms with Gasteiger partial charge in [-0.2, -0.15) is 13.2 Å². The van der Waals surface area contributed by atoms with Gasteiger partial charge < -0.3 is 10.1 Å². The molecule has 1 aliphatic rings. The minimum atomic E-state index is -4.39. The van der Waals surface area contributed by atoms with E-state index in [-0.39, 0.29) is 5.97 Å². The Hall–Kier alpha value is -1.79. The van der Waals surface area contributed by atoms with Crippen molar-refractivity contribution >= 4 is 11.8 Å². The van der Waals surface area contributed by atoms with Crippen molar-refractivity contribution in [1.82, 2.24) is 4.98 Å². The summed E-state index contributed by atoms with van der Waals surface area (Å²) in [6.07, 6.45) is -2.20. The lowest BCUT2D eigenvalue weighted by Crippen LogP contribution is -2.26. The number of carbonyl (C=O) groups is 1. The van der Waals surface area contributed by atoms with Gasteiger partial charge in [0.15, 0.2) is 0 Å². The average molecular weight is 274 g/mol. The van der Waals surface area contributed by atoms with Crippen molar-refractivity contribution < 1.29 is 22.7 Å². The zero-order chi connectivity index (χ0) is 14.1. The molecule has 1 aromatic rings. The maximum Gasteiger partial charge on any atom is 0.417 e. The number of nitrogens with zero attached hydrogens (tertiary/aromatic N) is 1. The Kier molecular flexibility index (Phi) is 3.38. The van der Waals surface area contributed by atoms with Crippen LogP contribution in [0.15, 0.2) is 18.3 Å². The summed E-state index contributed by atoms with van der Waals surface area (Å²) < 4.78 is 41.7. The van der Waals surface area contributed by atoms with E-state index in [2.05, 4.69) is 15.0 Å². The van der Waals surface area contributed by atoms with E-state index in [1.807, 2.05) is 0 Å². The number of pyridine rings is 1. The van der Waals surface area contributed by atoms with Crippen molar-refractivity contribution in [1.29, 1.82) is 0 Å². The maximum atomic E-state index is 12.3. The molecule has 0 amide bonds. The molecule has 19 heavy (non-hydrogen) atoms. The molecule has 7 heteroatoms. The summed E-state index contributed by atoms with van der Waals surface area (Å²) in [6, 6.07) is 2.20. The highest BCUT2D eigenvalue weighted by atomic mass is 19.4. The largest absolute Gasteiger partial charge is 0.469 e. The summed E-state index contributed by atoms with van der Waals surface area (Å²) in [4.78, 5) is 15.1. The van der Waals surface area contributed by atoms with Gasteiger partial charge in [-0.1, -0.05) is 0 Å². The molecule has 0 aliphatic heterocycles. The summed E-state index contributed by atoms with van der Waals surface area (Å²) in [6.45, 7) is 0.317. The van der Waals surface area contributed by atoms with Crippen molar-refractivity contribution in [3.8, 4) is 0 Å². The monoisotopic (exact) mass is 274 g/mol. The first kappa shape index (κ1) is 13.6.